The van der Waals surface area contributed by atoms with Crippen LogP contribution in [0.25, 0.3) is 20.8 Å². The first-order valence-electron chi connectivity index (χ1n) is 6.37. The Morgan fingerprint density at radius 1 is 1.17 bits per heavy atom. The molecular weight excluding hydrogens is 340 g/mol. The van der Waals surface area contributed by atoms with Gasteiger partial charge in [0.1, 0.15) is 10.8 Å². The summed E-state index contributed by atoms with van der Waals surface area (Å²) in [5.41, 5.74) is 1.46. The maximum atomic E-state index is 11.2. The second-order valence-corrected chi connectivity index (χ2v) is 7.35. The molecule has 3 rings (SSSR count). The first-order chi connectivity index (χ1) is 10.8. The molecule has 3 aromatic rings. The lowest BCUT2D eigenvalue weighted by Gasteiger charge is -2.01. The van der Waals surface area contributed by atoms with Crippen LogP contribution < -0.4 is 4.18 Å². The normalized spacial score (nSPS) is 11.5. The number of nitrogens with zero attached hydrogens (tertiary/aromatic N) is 2. The van der Waals surface area contributed by atoms with Crippen LogP contribution in [-0.4, -0.2) is 24.6 Å². The molecule has 1 aromatic heterocycles. The first kappa shape index (κ1) is 15.4. The third kappa shape index (κ3) is 3.46. The van der Waals surface area contributed by atoms with E-state index in [9.17, 15) is 18.5 Å². The summed E-state index contributed by atoms with van der Waals surface area (Å²) < 4.78 is 27.9. The number of thiazole rings is 1. The van der Waals surface area contributed by atoms with Crippen molar-refractivity contribution < 1.29 is 17.5 Å². The minimum absolute atomic E-state index is 0.0127. The molecule has 7 nitrogen and oxygen atoms in total. The smallest absolute Gasteiger partial charge is 0.306 e. The van der Waals surface area contributed by atoms with Gasteiger partial charge in [0.15, 0.2) is 0 Å². The Morgan fingerprint density at radius 3 is 2.48 bits per heavy atom. The van der Waals surface area contributed by atoms with Crippen molar-refractivity contribution in [1.29, 1.82) is 0 Å². The molecule has 0 radical (unpaired) electrons. The summed E-state index contributed by atoms with van der Waals surface area (Å²) in [4.78, 5) is 14.6. The molecule has 0 amide bonds. The number of nitro benzene ring substituents is 1. The molecule has 2 aromatic carbocycles. The number of aromatic nitrogens is 1. The fraction of sp³-hybridized carbons (Fsp3) is 0.0714. The van der Waals surface area contributed by atoms with Crippen LogP contribution in [0.3, 0.4) is 0 Å². The van der Waals surface area contributed by atoms with Crippen molar-refractivity contribution in [2.75, 3.05) is 6.26 Å². The number of fused-ring (bicyclic) bond motifs is 1. The van der Waals surface area contributed by atoms with E-state index in [1.165, 1.54) is 29.5 Å². The van der Waals surface area contributed by atoms with Crippen molar-refractivity contribution in [2.45, 2.75) is 0 Å². The van der Waals surface area contributed by atoms with Crippen LogP contribution in [-0.2, 0) is 10.1 Å². The molecule has 23 heavy (non-hydrogen) atoms. The van der Waals surface area contributed by atoms with Crippen molar-refractivity contribution in [1.82, 2.24) is 4.98 Å². The Balaban J connectivity index is 1.98. The highest BCUT2D eigenvalue weighted by molar-refractivity contribution is 7.86. The van der Waals surface area contributed by atoms with Gasteiger partial charge in [-0.15, -0.1) is 11.3 Å². The zero-order valence-corrected chi connectivity index (χ0v) is 13.4. The Hall–Kier alpha value is -2.52. The van der Waals surface area contributed by atoms with E-state index in [1.807, 2.05) is 0 Å². The number of non-ortho nitro benzene ring substituents is 1. The highest BCUT2D eigenvalue weighted by atomic mass is 32.2. The molecular formula is C14H10N2O5S2. The van der Waals surface area contributed by atoms with E-state index in [-0.39, 0.29) is 11.4 Å². The molecule has 9 heteroatoms. The third-order valence-corrected chi connectivity index (χ3v) is 4.50. The van der Waals surface area contributed by atoms with Gasteiger partial charge in [0.2, 0.25) is 0 Å². The highest BCUT2D eigenvalue weighted by Gasteiger charge is 2.11. The fourth-order valence-corrected chi connectivity index (χ4v) is 3.43. The number of nitro groups is 1. The minimum atomic E-state index is -3.58. The summed E-state index contributed by atoms with van der Waals surface area (Å²) in [5.74, 6) is 0.221. The van der Waals surface area contributed by atoms with Crippen molar-refractivity contribution in [3.8, 4) is 16.3 Å². The van der Waals surface area contributed by atoms with Gasteiger partial charge >= 0.3 is 10.1 Å². The van der Waals surface area contributed by atoms with Crippen molar-refractivity contribution in [2.24, 2.45) is 0 Å². The molecule has 0 unspecified atom stereocenters. The van der Waals surface area contributed by atoms with Gasteiger partial charge < -0.3 is 4.18 Å². The van der Waals surface area contributed by atoms with Crippen LogP contribution in [0.15, 0.2) is 42.5 Å². The molecule has 0 saturated heterocycles. The van der Waals surface area contributed by atoms with Gasteiger partial charge in [0.05, 0.1) is 21.4 Å². The molecule has 0 aliphatic carbocycles. The third-order valence-electron chi connectivity index (χ3n) is 2.93. The zero-order valence-electron chi connectivity index (χ0n) is 11.8. The highest BCUT2D eigenvalue weighted by Crippen LogP contribution is 2.33. The number of hydrogen-bond donors (Lipinski definition) is 0. The van der Waals surface area contributed by atoms with Gasteiger partial charge in [0, 0.05) is 23.8 Å². The van der Waals surface area contributed by atoms with Crippen molar-refractivity contribution in [3.05, 3.63) is 52.6 Å². The number of benzene rings is 2. The van der Waals surface area contributed by atoms with Gasteiger partial charge in [-0.3, -0.25) is 10.1 Å². The molecule has 0 fully saturated rings. The molecule has 0 N–H and O–H groups in total. The quantitative estimate of drug-likeness (QED) is 0.407. The van der Waals surface area contributed by atoms with E-state index in [0.29, 0.717) is 10.5 Å². The summed E-state index contributed by atoms with van der Waals surface area (Å²) in [7, 11) is -3.58. The molecule has 0 saturated carbocycles. The summed E-state index contributed by atoms with van der Waals surface area (Å²) in [6, 6.07) is 10.9. The zero-order chi connectivity index (χ0) is 16.6. The lowest BCUT2D eigenvalue weighted by Crippen LogP contribution is -2.05. The van der Waals surface area contributed by atoms with Gasteiger partial charge in [-0.2, -0.15) is 8.42 Å². The Labute approximate surface area is 135 Å². The average molecular weight is 350 g/mol. The van der Waals surface area contributed by atoms with E-state index >= 15 is 0 Å². The standard InChI is InChI=1S/C14H10N2O5S2/c1-23(19,20)21-11-6-7-12-13(8-11)22-14(15-12)9-2-4-10(5-3-9)16(17)18/h2-8H,1H3. The van der Waals surface area contributed by atoms with Crippen LogP contribution in [0, 0.1) is 10.1 Å². The van der Waals surface area contributed by atoms with E-state index in [0.717, 1.165) is 16.5 Å². The second kappa shape index (κ2) is 5.60. The molecule has 0 aliphatic heterocycles. The lowest BCUT2D eigenvalue weighted by atomic mass is 10.2. The van der Waals surface area contributed by atoms with E-state index in [1.54, 1.807) is 24.3 Å². The van der Waals surface area contributed by atoms with E-state index in [2.05, 4.69) is 4.98 Å². The van der Waals surface area contributed by atoms with Crippen LogP contribution in [0.5, 0.6) is 5.75 Å². The summed E-state index contributed by atoms with van der Waals surface area (Å²) in [5, 5.41) is 11.4. The molecule has 0 spiro atoms. The topological polar surface area (TPSA) is 99.4 Å². The van der Waals surface area contributed by atoms with Crippen LogP contribution in [0.1, 0.15) is 0 Å². The maximum absolute atomic E-state index is 11.2. The Bertz CT molecular complexity index is 994. The van der Waals surface area contributed by atoms with E-state index < -0.39 is 15.0 Å². The molecule has 1 heterocycles. The molecule has 118 valence electrons. The molecule has 0 atom stereocenters. The molecule has 0 bridgehead atoms. The van der Waals surface area contributed by atoms with Gasteiger partial charge in [-0.1, -0.05) is 0 Å². The van der Waals surface area contributed by atoms with Gasteiger partial charge in [0.25, 0.3) is 5.69 Å². The number of hydrogen-bond acceptors (Lipinski definition) is 7. The van der Waals surface area contributed by atoms with Crippen LogP contribution >= 0.6 is 11.3 Å². The fourth-order valence-electron chi connectivity index (χ4n) is 1.98. The predicted octanol–water partition coefficient (Wildman–Crippen LogP) is 3.21. The average Bonchev–Trinajstić information content (AvgIpc) is 2.88. The maximum Gasteiger partial charge on any atom is 0.306 e. The minimum Gasteiger partial charge on any atom is -0.383 e. The number of rotatable bonds is 4. The molecule has 0 aliphatic rings. The van der Waals surface area contributed by atoms with E-state index in [4.69, 9.17) is 4.18 Å². The summed E-state index contributed by atoms with van der Waals surface area (Å²) >= 11 is 1.35. The van der Waals surface area contributed by atoms with Crippen LogP contribution in [0.4, 0.5) is 5.69 Å². The summed E-state index contributed by atoms with van der Waals surface area (Å²) in [6.45, 7) is 0. The van der Waals surface area contributed by atoms with Gasteiger partial charge in [-0.05, 0) is 24.3 Å². The van der Waals surface area contributed by atoms with Gasteiger partial charge in [-0.25, -0.2) is 4.98 Å². The first-order valence-corrected chi connectivity index (χ1v) is 9.00. The Morgan fingerprint density at radius 2 is 1.87 bits per heavy atom. The predicted molar refractivity (Wildman–Crippen MR) is 87.2 cm³/mol. The van der Waals surface area contributed by atoms with Crippen molar-refractivity contribution >= 4 is 37.4 Å². The largest absolute Gasteiger partial charge is 0.383 e. The van der Waals surface area contributed by atoms with Crippen LogP contribution in [0.2, 0.25) is 0 Å². The monoisotopic (exact) mass is 350 g/mol. The Kier molecular flexibility index (Phi) is 3.74. The van der Waals surface area contributed by atoms with Crippen molar-refractivity contribution in [3.63, 3.8) is 0 Å². The SMILES string of the molecule is CS(=O)(=O)Oc1ccc2nc(-c3ccc([N+](=O)[O-])cc3)sc2c1. The summed E-state index contributed by atoms with van der Waals surface area (Å²) in [6.07, 6.45) is 0.978. The second-order valence-electron chi connectivity index (χ2n) is 4.74. The lowest BCUT2D eigenvalue weighted by molar-refractivity contribution is -0.384.